The van der Waals surface area contributed by atoms with Gasteiger partial charge in [0.05, 0.1) is 39.8 Å². The van der Waals surface area contributed by atoms with Gasteiger partial charge in [0, 0.05) is 55.8 Å². The van der Waals surface area contributed by atoms with E-state index in [-0.39, 0.29) is 40.5 Å². The van der Waals surface area contributed by atoms with Crippen LogP contribution in [0.15, 0.2) is 188 Å². The second-order valence-corrected chi connectivity index (χ2v) is 33.2. The maximum absolute atomic E-state index is 7.68. The minimum atomic E-state index is -0.263. The molecule has 0 fully saturated rings. The van der Waals surface area contributed by atoms with E-state index in [2.05, 4.69) is 312 Å². The Kier molecular flexibility index (Phi) is 13.6. The van der Waals surface area contributed by atoms with Gasteiger partial charge in [-0.1, -0.05) is 185 Å². The number of aryl methyl sites for hydroxylation is 4. The van der Waals surface area contributed by atoms with E-state index in [0.29, 0.717) is 17.5 Å². The zero-order chi connectivity index (χ0) is 67.1. The molecule has 97 heavy (non-hydrogen) atoms. The smallest absolute Gasteiger partial charge is 0.271 e. The van der Waals surface area contributed by atoms with Crippen LogP contribution in [-0.4, -0.2) is 23.4 Å². The second kappa shape index (κ2) is 21.6. The molecule has 2 aliphatic carbocycles. The fourth-order valence-electron chi connectivity index (χ4n) is 17.0. The fraction of sp³-hybridized carbons (Fsp3) is 0.279. The van der Waals surface area contributed by atoms with Crippen molar-refractivity contribution in [1.82, 2.24) is 9.97 Å². The summed E-state index contributed by atoms with van der Waals surface area (Å²) in [6.45, 7) is 34.8. The van der Waals surface area contributed by atoms with Crippen molar-refractivity contribution in [3.05, 3.63) is 237 Å². The minimum Gasteiger partial charge on any atom is -0.440 e. The molecule has 6 aliphatic rings. The molecule has 0 saturated carbocycles. The Balaban J connectivity index is 0.926. The van der Waals surface area contributed by atoms with Gasteiger partial charge in [0.25, 0.3) is 13.4 Å². The van der Waals surface area contributed by atoms with Gasteiger partial charge in [-0.15, -0.1) is 0 Å². The van der Waals surface area contributed by atoms with Gasteiger partial charge in [-0.2, -0.15) is 21.3 Å². The summed E-state index contributed by atoms with van der Waals surface area (Å²) < 4.78 is 16.6. The summed E-state index contributed by atoms with van der Waals surface area (Å²) in [4.78, 5) is 22.7. The highest BCUT2D eigenvalue weighted by molar-refractivity contribution is 7.29. The number of fused-ring (bicyclic) bond motifs is 10. The van der Waals surface area contributed by atoms with Crippen LogP contribution in [0, 0.1) is 27.7 Å². The van der Waals surface area contributed by atoms with Gasteiger partial charge < -0.3 is 19.3 Å². The van der Waals surface area contributed by atoms with Crippen LogP contribution in [-0.2, 0) is 27.1 Å². The zero-order valence-corrected chi connectivity index (χ0v) is 59.6. The lowest BCUT2D eigenvalue weighted by molar-refractivity contribution is 0.332. The molecular formula is C86H84B2N6O2S. The molecule has 4 aliphatic heterocycles. The lowest BCUT2D eigenvalue weighted by Gasteiger charge is -2.44. The monoisotopic (exact) mass is 1290 g/mol. The van der Waals surface area contributed by atoms with Gasteiger partial charge in [-0.25, -0.2) is 0 Å². The molecule has 0 unspecified atom stereocenters. The van der Waals surface area contributed by atoms with E-state index in [9.17, 15) is 0 Å². The standard InChI is InChI=1S/C86H84B2N6O2S/c1-51-26-16-21-31-64(51)93(65-32-22-17-27-52(65)2)75-48-69-77-80(89-75)95-72-50-73-63(46-62(72)87(77)61-30-20-25-35-68(61)91(69)55-36-38-57-59(44-55)85(12,13)42-40-83(57,8)9)88-78-70(49-76(90-81(78)96-73)94(66-33-23-18-28-53(66)3)67-34-24-19-29-54(67)4)92(71-47-74(82(5,6)7)97-79(71)88)56-37-39-58-60(45-56)86(14,15)43-41-84(58,10)11/h16-39,44-50H,40-43H2,1-15H3. The first-order valence-electron chi connectivity index (χ1n) is 34.9. The molecule has 17 rings (SSSR count). The number of aromatic nitrogens is 2. The molecule has 0 radical (unpaired) electrons. The number of hydrogen-bond donors (Lipinski definition) is 0. The second-order valence-electron chi connectivity index (χ2n) is 32.1. The van der Waals surface area contributed by atoms with Crippen molar-refractivity contribution in [3.8, 4) is 23.3 Å². The van der Waals surface area contributed by atoms with Crippen molar-refractivity contribution in [1.29, 1.82) is 0 Å². The quantitative estimate of drug-likeness (QED) is 0.140. The summed E-state index contributed by atoms with van der Waals surface area (Å²) in [5, 5.41) is 0. The van der Waals surface area contributed by atoms with Crippen molar-refractivity contribution in [2.24, 2.45) is 0 Å². The Hall–Kier alpha value is -9.31. The van der Waals surface area contributed by atoms with Crippen LogP contribution in [0.1, 0.15) is 151 Å². The van der Waals surface area contributed by atoms with E-state index in [0.717, 1.165) is 138 Å². The van der Waals surface area contributed by atoms with Crippen molar-refractivity contribution >= 4 is 125 Å². The Bertz CT molecular complexity index is 5040. The molecule has 0 atom stereocenters. The van der Waals surface area contributed by atoms with E-state index in [1.54, 1.807) is 0 Å². The third-order valence-corrected chi connectivity index (χ3v) is 24.4. The molecule has 0 spiro atoms. The van der Waals surface area contributed by atoms with Crippen molar-refractivity contribution < 1.29 is 9.47 Å². The number of hydrogen-bond acceptors (Lipinski definition) is 9. The van der Waals surface area contributed by atoms with E-state index in [1.807, 2.05) is 11.3 Å². The Morgan fingerprint density at radius 3 is 1.24 bits per heavy atom. The van der Waals surface area contributed by atoms with Crippen LogP contribution in [0.4, 0.5) is 68.5 Å². The molecule has 0 bridgehead atoms. The SMILES string of the molecule is Cc1ccccc1N(c1cc2c3c(n1)Oc1cc4c(cc1B3c1ccccc1N2c1ccc2c(c1)C(C)(C)CCC2(C)C)B1c2sc(C(C)(C)C)cc2N(c2ccc3c(c2)C(C)(C)CCC3(C)C)c2cc(N(c3ccccc3C)c3ccccc3C)nc(c21)O4)c1ccccc1C. The number of benzene rings is 8. The topological polar surface area (TPSA) is 57.2 Å². The lowest BCUT2D eigenvalue weighted by atomic mass is 9.32. The highest BCUT2D eigenvalue weighted by Gasteiger charge is 2.50. The molecule has 7 heterocycles. The average molecular weight is 1290 g/mol. The Morgan fingerprint density at radius 1 is 0.402 bits per heavy atom. The highest BCUT2D eigenvalue weighted by atomic mass is 32.1. The zero-order valence-electron chi connectivity index (χ0n) is 58.8. The van der Waals surface area contributed by atoms with Crippen LogP contribution < -0.4 is 61.2 Å². The fourth-order valence-corrected chi connectivity index (χ4v) is 18.3. The summed E-state index contributed by atoms with van der Waals surface area (Å²) in [7, 11) is 0. The normalized spacial score (nSPS) is 16.6. The third kappa shape index (κ3) is 9.51. The summed E-state index contributed by atoms with van der Waals surface area (Å²) >= 11 is 1.94. The predicted octanol–water partition coefficient (Wildman–Crippen LogP) is 19.5. The van der Waals surface area contributed by atoms with Crippen molar-refractivity contribution in [2.75, 3.05) is 19.6 Å². The molecule has 11 aromatic rings. The number of rotatable bonds is 8. The molecule has 11 heteroatoms. The summed E-state index contributed by atoms with van der Waals surface area (Å²) in [6, 6.07) is 70.3. The first-order chi connectivity index (χ1) is 46.3. The van der Waals surface area contributed by atoms with Crippen LogP contribution in [0.2, 0.25) is 0 Å². The number of ether oxygens (including phenoxy) is 2. The van der Waals surface area contributed by atoms with Gasteiger partial charge in [-0.05, 0) is 202 Å². The minimum absolute atomic E-state index is 0.0189. The summed E-state index contributed by atoms with van der Waals surface area (Å²) in [6.07, 6.45) is 4.51. The number of para-hydroxylation sites is 5. The van der Waals surface area contributed by atoms with Crippen LogP contribution in [0.5, 0.6) is 23.3 Å². The summed E-state index contributed by atoms with van der Waals surface area (Å²) in [5.74, 6) is 4.13. The molecule has 0 saturated heterocycles. The largest absolute Gasteiger partial charge is 0.440 e. The predicted molar refractivity (Wildman–Crippen MR) is 409 cm³/mol. The number of nitrogens with zero attached hydrogens (tertiary/aromatic N) is 6. The van der Waals surface area contributed by atoms with E-state index in [1.165, 1.54) is 43.1 Å². The van der Waals surface area contributed by atoms with Gasteiger partial charge in [0.15, 0.2) is 0 Å². The molecule has 0 amide bonds. The summed E-state index contributed by atoms with van der Waals surface area (Å²) in [5.41, 5.74) is 26.5. The van der Waals surface area contributed by atoms with E-state index < -0.39 is 0 Å². The lowest BCUT2D eigenvalue weighted by Crippen LogP contribution is -2.63. The molecule has 8 aromatic carbocycles. The van der Waals surface area contributed by atoms with Gasteiger partial charge in [-0.3, -0.25) is 9.80 Å². The van der Waals surface area contributed by atoms with Crippen LogP contribution >= 0.6 is 11.3 Å². The first kappa shape index (κ1) is 61.3. The Labute approximate surface area is 578 Å². The number of pyridine rings is 2. The van der Waals surface area contributed by atoms with Crippen LogP contribution in [0.3, 0.4) is 0 Å². The van der Waals surface area contributed by atoms with Crippen molar-refractivity contribution in [3.63, 3.8) is 0 Å². The molecular weight excluding hydrogens is 1200 g/mol. The van der Waals surface area contributed by atoms with Gasteiger partial charge in [0.2, 0.25) is 11.8 Å². The van der Waals surface area contributed by atoms with Gasteiger partial charge in [0.1, 0.15) is 23.1 Å². The van der Waals surface area contributed by atoms with Crippen molar-refractivity contribution in [2.45, 2.75) is 157 Å². The third-order valence-electron chi connectivity index (χ3n) is 22.8. The van der Waals surface area contributed by atoms with Gasteiger partial charge >= 0.3 is 0 Å². The highest BCUT2D eigenvalue weighted by Crippen LogP contribution is 2.54. The van der Waals surface area contributed by atoms with Crippen LogP contribution in [0.25, 0.3) is 0 Å². The maximum Gasteiger partial charge on any atom is 0.271 e. The molecule has 3 aromatic heterocycles. The van der Waals surface area contributed by atoms with E-state index in [4.69, 9.17) is 19.4 Å². The first-order valence-corrected chi connectivity index (χ1v) is 35.8. The molecule has 482 valence electrons. The number of anilines is 12. The van der Waals surface area contributed by atoms with E-state index >= 15 is 0 Å². The maximum atomic E-state index is 7.68. The Morgan fingerprint density at radius 2 is 0.794 bits per heavy atom. The molecule has 0 N–H and O–H groups in total. The molecule has 8 nitrogen and oxygen atoms in total. The average Bonchev–Trinajstić information content (AvgIpc) is 1.60. The number of thiophene rings is 1.